The van der Waals surface area contributed by atoms with Crippen LogP contribution in [0, 0.1) is 0 Å². The number of piperazine rings is 1. The average molecular weight is 371 g/mol. The molecule has 0 bridgehead atoms. The molecule has 0 radical (unpaired) electrons. The van der Waals surface area contributed by atoms with Gasteiger partial charge in [-0.25, -0.2) is 0 Å². The van der Waals surface area contributed by atoms with Crippen molar-refractivity contribution in [2.24, 2.45) is 0 Å². The third kappa shape index (κ3) is 4.69. The quantitative estimate of drug-likeness (QED) is 0.895. The van der Waals surface area contributed by atoms with Crippen LogP contribution in [0.15, 0.2) is 28.8 Å². The van der Waals surface area contributed by atoms with Crippen molar-refractivity contribution < 1.29 is 9.32 Å². The van der Waals surface area contributed by atoms with Crippen molar-refractivity contribution in [3.05, 3.63) is 35.2 Å². The molecule has 1 aromatic heterocycles. The normalized spacial score (nSPS) is 17.4. The van der Waals surface area contributed by atoms with Gasteiger partial charge < -0.3 is 14.7 Å². The minimum Gasteiger partial charge on any atom is -0.340 e. The van der Waals surface area contributed by atoms with Gasteiger partial charge in [-0.3, -0.25) is 4.79 Å². The smallest absolute Gasteiger partial charge is 0.227 e. The number of hydrogen-bond donors (Lipinski definition) is 1. The molecule has 130 valence electrons. The first kappa shape index (κ1) is 18.7. The number of hydrogen-bond acceptors (Lipinski definition) is 5. The number of aromatic nitrogens is 2. The SMILES string of the molecule is CC1CN(C(=O)CCc2nc(-c3ccc(Cl)cc3)no2)CCN1.Cl. The zero-order valence-corrected chi connectivity index (χ0v) is 14.9. The minimum atomic E-state index is 0. The lowest BCUT2D eigenvalue weighted by atomic mass is 10.2. The first-order chi connectivity index (χ1) is 11.1. The van der Waals surface area contributed by atoms with Gasteiger partial charge in [0.15, 0.2) is 0 Å². The molecular weight excluding hydrogens is 351 g/mol. The molecule has 1 amide bonds. The zero-order valence-electron chi connectivity index (χ0n) is 13.4. The lowest BCUT2D eigenvalue weighted by Gasteiger charge is -2.31. The van der Waals surface area contributed by atoms with Crippen molar-refractivity contribution in [3.63, 3.8) is 0 Å². The summed E-state index contributed by atoms with van der Waals surface area (Å²) >= 11 is 5.86. The van der Waals surface area contributed by atoms with E-state index in [1.54, 1.807) is 12.1 Å². The molecule has 1 fully saturated rings. The Morgan fingerprint density at radius 2 is 2.17 bits per heavy atom. The molecule has 2 heterocycles. The topological polar surface area (TPSA) is 71.3 Å². The number of halogens is 2. The average Bonchev–Trinajstić information content (AvgIpc) is 3.02. The van der Waals surface area contributed by atoms with E-state index < -0.39 is 0 Å². The highest BCUT2D eigenvalue weighted by atomic mass is 35.5. The molecule has 1 aliphatic heterocycles. The van der Waals surface area contributed by atoms with Gasteiger partial charge in [0.05, 0.1) is 0 Å². The summed E-state index contributed by atoms with van der Waals surface area (Å²) in [5.41, 5.74) is 0.839. The first-order valence-electron chi connectivity index (χ1n) is 7.71. The maximum Gasteiger partial charge on any atom is 0.227 e. The van der Waals surface area contributed by atoms with E-state index >= 15 is 0 Å². The highest BCUT2D eigenvalue weighted by Gasteiger charge is 2.21. The van der Waals surface area contributed by atoms with Crippen LogP contribution in [-0.4, -0.2) is 46.6 Å². The van der Waals surface area contributed by atoms with Crippen molar-refractivity contribution in [1.82, 2.24) is 20.4 Å². The van der Waals surface area contributed by atoms with Crippen LogP contribution >= 0.6 is 24.0 Å². The van der Waals surface area contributed by atoms with Gasteiger partial charge in [0.1, 0.15) is 0 Å². The Morgan fingerprint density at radius 3 is 2.88 bits per heavy atom. The predicted octanol–water partition coefficient (Wildman–Crippen LogP) is 2.56. The van der Waals surface area contributed by atoms with Crippen molar-refractivity contribution in [2.45, 2.75) is 25.8 Å². The van der Waals surface area contributed by atoms with Gasteiger partial charge in [-0.15, -0.1) is 12.4 Å². The second-order valence-electron chi connectivity index (χ2n) is 5.71. The van der Waals surface area contributed by atoms with Crippen LogP contribution in [-0.2, 0) is 11.2 Å². The Bertz CT molecular complexity index is 675. The zero-order chi connectivity index (χ0) is 16.2. The van der Waals surface area contributed by atoms with Crippen molar-refractivity contribution >= 4 is 29.9 Å². The Hall–Kier alpha value is -1.63. The molecule has 24 heavy (non-hydrogen) atoms. The Morgan fingerprint density at radius 1 is 1.42 bits per heavy atom. The van der Waals surface area contributed by atoms with Gasteiger partial charge >= 0.3 is 0 Å². The number of aryl methyl sites for hydroxylation is 1. The van der Waals surface area contributed by atoms with E-state index in [2.05, 4.69) is 22.4 Å². The van der Waals surface area contributed by atoms with Crippen LogP contribution in [0.3, 0.4) is 0 Å². The third-order valence-electron chi connectivity index (χ3n) is 3.84. The van der Waals surface area contributed by atoms with Gasteiger partial charge in [0.25, 0.3) is 0 Å². The van der Waals surface area contributed by atoms with Gasteiger partial charge in [0, 0.05) is 49.1 Å². The number of rotatable bonds is 4. The lowest BCUT2D eigenvalue weighted by molar-refractivity contribution is -0.132. The molecule has 8 heteroatoms. The molecule has 1 saturated heterocycles. The van der Waals surface area contributed by atoms with E-state index in [0.29, 0.717) is 35.6 Å². The monoisotopic (exact) mass is 370 g/mol. The molecule has 0 aliphatic carbocycles. The van der Waals surface area contributed by atoms with E-state index in [9.17, 15) is 4.79 Å². The Balaban J connectivity index is 0.00000208. The van der Waals surface area contributed by atoms with Crippen LogP contribution in [0.2, 0.25) is 5.02 Å². The van der Waals surface area contributed by atoms with E-state index in [1.807, 2.05) is 17.0 Å². The third-order valence-corrected chi connectivity index (χ3v) is 4.10. The fourth-order valence-electron chi connectivity index (χ4n) is 2.60. The molecule has 0 saturated carbocycles. The van der Waals surface area contributed by atoms with Crippen LogP contribution in [0.4, 0.5) is 0 Å². The molecule has 1 aromatic carbocycles. The number of amides is 1. The van der Waals surface area contributed by atoms with E-state index in [4.69, 9.17) is 16.1 Å². The molecule has 0 spiro atoms. The molecule has 1 atom stereocenters. The highest BCUT2D eigenvalue weighted by molar-refractivity contribution is 6.30. The molecule has 1 unspecified atom stereocenters. The predicted molar refractivity (Wildman–Crippen MR) is 94.4 cm³/mol. The summed E-state index contributed by atoms with van der Waals surface area (Å²) in [5, 5.41) is 7.94. The van der Waals surface area contributed by atoms with Crippen molar-refractivity contribution in [3.8, 4) is 11.4 Å². The first-order valence-corrected chi connectivity index (χ1v) is 8.09. The molecule has 1 aliphatic rings. The van der Waals surface area contributed by atoms with E-state index in [-0.39, 0.29) is 18.3 Å². The largest absolute Gasteiger partial charge is 0.340 e. The van der Waals surface area contributed by atoms with Gasteiger partial charge in [0.2, 0.25) is 17.6 Å². The number of nitrogens with zero attached hydrogens (tertiary/aromatic N) is 3. The fourth-order valence-corrected chi connectivity index (χ4v) is 2.73. The van der Waals surface area contributed by atoms with Crippen LogP contribution in [0.25, 0.3) is 11.4 Å². The number of carbonyl (C=O) groups excluding carboxylic acids is 1. The second-order valence-corrected chi connectivity index (χ2v) is 6.15. The van der Waals surface area contributed by atoms with Gasteiger partial charge in [-0.05, 0) is 31.2 Å². The molecule has 1 N–H and O–H groups in total. The summed E-state index contributed by atoms with van der Waals surface area (Å²) in [7, 11) is 0. The van der Waals surface area contributed by atoms with Crippen LogP contribution < -0.4 is 5.32 Å². The summed E-state index contributed by atoms with van der Waals surface area (Å²) in [6.45, 7) is 4.42. The lowest BCUT2D eigenvalue weighted by Crippen LogP contribution is -2.51. The maximum absolute atomic E-state index is 12.2. The summed E-state index contributed by atoms with van der Waals surface area (Å²) < 4.78 is 5.23. The van der Waals surface area contributed by atoms with Crippen LogP contribution in [0.5, 0.6) is 0 Å². The molecule has 6 nitrogen and oxygen atoms in total. The van der Waals surface area contributed by atoms with Crippen LogP contribution in [0.1, 0.15) is 19.2 Å². The summed E-state index contributed by atoms with van der Waals surface area (Å²) in [5.74, 6) is 1.12. The van der Waals surface area contributed by atoms with E-state index in [0.717, 1.165) is 25.2 Å². The molecular formula is C16H20Cl2N4O2. The maximum atomic E-state index is 12.2. The highest BCUT2D eigenvalue weighted by Crippen LogP contribution is 2.19. The number of carbonyl (C=O) groups is 1. The van der Waals surface area contributed by atoms with Crippen molar-refractivity contribution in [1.29, 1.82) is 0 Å². The Labute approximate surface area is 152 Å². The second kappa shape index (κ2) is 8.46. The van der Waals surface area contributed by atoms with Gasteiger partial charge in [-0.1, -0.05) is 16.8 Å². The van der Waals surface area contributed by atoms with E-state index in [1.165, 1.54) is 0 Å². The number of benzene rings is 1. The Kier molecular flexibility index (Phi) is 6.60. The fraction of sp³-hybridized carbons (Fsp3) is 0.438. The number of nitrogens with one attached hydrogen (secondary N) is 1. The summed E-state index contributed by atoms with van der Waals surface area (Å²) in [4.78, 5) is 18.4. The molecule has 3 rings (SSSR count). The standard InChI is InChI=1S/C16H19ClN4O2.ClH/c1-11-10-21(9-8-18-11)15(22)7-6-14-19-16(20-23-14)12-2-4-13(17)5-3-12;/h2-5,11,18H,6-10H2,1H3;1H. The minimum absolute atomic E-state index is 0. The summed E-state index contributed by atoms with van der Waals surface area (Å²) in [6.07, 6.45) is 0.840. The van der Waals surface area contributed by atoms with Crippen molar-refractivity contribution in [2.75, 3.05) is 19.6 Å². The van der Waals surface area contributed by atoms with Gasteiger partial charge in [-0.2, -0.15) is 4.98 Å². The summed E-state index contributed by atoms with van der Waals surface area (Å²) in [6, 6.07) is 7.57. The molecule has 2 aromatic rings.